The molecular formula is C24H16ClN3. The first-order valence-electron chi connectivity index (χ1n) is 9.05. The Hall–Kier alpha value is -3.43. The van der Waals surface area contributed by atoms with Gasteiger partial charge in [-0.25, -0.2) is 9.50 Å². The number of nitrogens with zero attached hydrogens (tertiary/aromatic N) is 3. The second-order valence-electron chi connectivity index (χ2n) is 6.57. The van der Waals surface area contributed by atoms with Gasteiger partial charge in [-0.05, 0) is 18.2 Å². The summed E-state index contributed by atoms with van der Waals surface area (Å²) >= 11 is 6.03. The first-order valence-corrected chi connectivity index (χ1v) is 9.43. The molecule has 0 atom stereocenters. The minimum Gasteiger partial charge on any atom is -0.228 e. The molecule has 2 heterocycles. The summed E-state index contributed by atoms with van der Waals surface area (Å²) in [6.45, 7) is 0. The molecule has 0 bridgehead atoms. The molecule has 0 saturated carbocycles. The van der Waals surface area contributed by atoms with Gasteiger partial charge in [0.1, 0.15) is 0 Å². The van der Waals surface area contributed by atoms with Crippen molar-refractivity contribution in [3.63, 3.8) is 0 Å². The lowest BCUT2D eigenvalue weighted by atomic mass is 10.1. The summed E-state index contributed by atoms with van der Waals surface area (Å²) in [5, 5.41) is 5.54. The Balaban J connectivity index is 1.75. The summed E-state index contributed by atoms with van der Waals surface area (Å²) in [4.78, 5) is 4.87. The van der Waals surface area contributed by atoms with E-state index in [0.29, 0.717) is 5.02 Å². The van der Waals surface area contributed by atoms with Gasteiger partial charge in [-0.15, -0.1) is 0 Å². The molecule has 0 aliphatic carbocycles. The van der Waals surface area contributed by atoms with Gasteiger partial charge in [0.05, 0.1) is 17.1 Å². The van der Waals surface area contributed by atoms with Crippen LogP contribution in [0.3, 0.4) is 0 Å². The maximum absolute atomic E-state index is 6.03. The molecule has 5 rings (SSSR count). The fourth-order valence-electron chi connectivity index (χ4n) is 3.31. The number of hydrogen-bond donors (Lipinski definition) is 0. The summed E-state index contributed by atoms with van der Waals surface area (Å²) in [7, 11) is 0. The molecule has 0 aliphatic rings. The standard InChI is InChI=1S/C24H16ClN3/c25-20-13-11-18(12-14-20)22-16-24-26-21(17-7-3-1-4-8-17)15-23(28(24)27-22)19-9-5-2-6-10-19/h1-16H. The van der Waals surface area contributed by atoms with Crippen LogP contribution in [-0.4, -0.2) is 14.6 Å². The Bertz CT molecular complexity index is 1240. The molecule has 0 spiro atoms. The van der Waals surface area contributed by atoms with Crippen molar-refractivity contribution in [1.29, 1.82) is 0 Å². The first kappa shape index (κ1) is 16.7. The van der Waals surface area contributed by atoms with Crippen LogP contribution in [0.5, 0.6) is 0 Å². The van der Waals surface area contributed by atoms with E-state index in [-0.39, 0.29) is 0 Å². The maximum atomic E-state index is 6.03. The lowest BCUT2D eigenvalue weighted by molar-refractivity contribution is 0.953. The van der Waals surface area contributed by atoms with Gasteiger partial charge in [0.2, 0.25) is 0 Å². The Morgan fingerprint density at radius 1 is 0.607 bits per heavy atom. The van der Waals surface area contributed by atoms with Crippen LogP contribution in [0.15, 0.2) is 97.1 Å². The Kier molecular flexibility index (Phi) is 4.15. The number of rotatable bonds is 3. The van der Waals surface area contributed by atoms with Crippen molar-refractivity contribution in [3.05, 3.63) is 102 Å². The molecule has 0 N–H and O–H groups in total. The van der Waals surface area contributed by atoms with E-state index in [2.05, 4.69) is 30.3 Å². The fourth-order valence-corrected chi connectivity index (χ4v) is 3.43. The average molecular weight is 382 g/mol. The van der Waals surface area contributed by atoms with Crippen molar-refractivity contribution in [2.24, 2.45) is 0 Å². The smallest absolute Gasteiger partial charge is 0.156 e. The van der Waals surface area contributed by atoms with Crippen molar-refractivity contribution in [1.82, 2.24) is 14.6 Å². The molecule has 134 valence electrons. The zero-order valence-electron chi connectivity index (χ0n) is 15.0. The van der Waals surface area contributed by atoms with Gasteiger partial charge in [-0.2, -0.15) is 5.10 Å². The summed E-state index contributed by atoms with van der Waals surface area (Å²) in [5.74, 6) is 0. The number of hydrogen-bond acceptors (Lipinski definition) is 2. The molecule has 3 aromatic carbocycles. The van der Waals surface area contributed by atoms with Crippen LogP contribution in [0.1, 0.15) is 0 Å². The van der Waals surface area contributed by atoms with E-state index in [9.17, 15) is 0 Å². The van der Waals surface area contributed by atoms with E-state index in [4.69, 9.17) is 21.7 Å². The van der Waals surface area contributed by atoms with Crippen LogP contribution in [0, 0.1) is 0 Å². The lowest BCUT2D eigenvalue weighted by Gasteiger charge is -2.08. The maximum Gasteiger partial charge on any atom is 0.156 e. The molecule has 0 saturated heterocycles. The summed E-state index contributed by atoms with van der Waals surface area (Å²) in [6.07, 6.45) is 0. The lowest BCUT2D eigenvalue weighted by Crippen LogP contribution is -1.98. The molecule has 0 unspecified atom stereocenters. The molecule has 0 fully saturated rings. The van der Waals surface area contributed by atoms with Crippen molar-refractivity contribution < 1.29 is 0 Å². The van der Waals surface area contributed by atoms with Gasteiger partial charge >= 0.3 is 0 Å². The van der Waals surface area contributed by atoms with Gasteiger partial charge in [0, 0.05) is 27.8 Å². The van der Waals surface area contributed by atoms with E-state index in [1.807, 2.05) is 71.2 Å². The molecule has 0 amide bonds. The molecule has 28 heavy (non-hydrogen) atoms. The molecule has 4 heteroatoms. The second kappa shape index (κ2) is 6.95. The van der Waals surface area contributed by atoms with Gasteiger partial charge in [-0.1, -0.05) is 84.4 Å². The highest BCUT2D eigenvalue weighted by Gasteiger charge is 2.13. The monoisotopic (exact) mass is 381 g/mol. The summed E-state index contributed by atoms with van der Waals surface area (Å²) < 4.78 is 1.91. The van der Waals surface area contributed by atoms with Crippen molar-refractivity contribution in [3.8, 4) is 33.8 Å². The SMILES string of the molecule is Clc1ccc(-c2cc3nc(-c4ccccc4)cc(-c4ccccc4)n3n2)cc1. The zero-order valence-corrected chi connectivity index (χ0v) is 15.7. The Morgan fingerprint density at radius 2 is 1.21 bits per heavy atom. The van der Waals surface area contributed by atoms with Crippen molar-refractivity contribution >= 4 is 17.2 Å². The number of aromatic nitrogens is 3. The highest BCUT2D eigenvalue weighted by Crippen LogP contribution is 2.29. The predicted octanol–water partition coefficient (Wildman–Crippen LogP) is 6.38. The molecule has 5 aromatic rings. The van der Waals surface area contributed by atoms with Crippen LogP contribution in [0.25, 0.3) is 39.4 Å². The van der Waals surface area contributed by atoms with Crippen LogP contribution < -0.4 is 0 Å². The van der Waals surface area contributed by atoms with Gasteiger partial charge in [0.15, 0.2) is 5.65 Å². The minimum atomic E-state index is 0.710. The minimum absolute atomic E-state index is 0.710. The zero-order chi connectivity index (χ0) is 18.9. The summed E-state index contributed by atoms with van der Waals surface area (Å²) in [5.41, 5.74) is 6.79. The first-order chi connectivity index (χ1) is 13.8. The fraction of sp³-hybridized carbons (Fsp3) is 0. The van der Waals surface area contributed by atoms with Crippen LogP contribution in [-0.2, 0) is 0 Å². The van der Waals surface area contributed by atoms with E-state index < -0.39 is 0 Å². The highest BCUT2D eigenvalue weighted by molar-refractivity contribution is 6.30. The second-order valence-corrected chi connectivity index (χ2v) is 7.00. The average Bonchev–Trinajstić information content (AvgIpc) is 3.19. The number of benzene rings is 3. The third kappa shape index (κ3) is 3.06. The molecular weight excluding hydrogens is 366 g/mol. The predicted molar refractivity (Wildman–Crippen MR) is 114 cm³/mol. The van der Waals surface area contributed by atoms with Gasteiger partial charge in [0.25, 0.3) is 0 Å². The van der Waals surface area contributed by atoms with Crippen LogP contribution >= 0.6 is 11.6 Å². The van der Waals surface area contributed by atoms with Crippen molar-refractivity contribution in [2.45, 2.75) is 0 Å². The van der Waals surface area contributed by atoms with E-state index in [0.717, 1.165) is 39.4 Å². The van der Waals surface area contributed by atoms with Gasteiger partial charge in [-0.3, -0.25) is 0 Å². The van der Waals surface area contributed by atoms with Crippen molar-refractivity contribution in [2.75, 3.05) is 0 Å². The normalized spacial score (nSPS) is 11.0. The molecule has 0 aliphatic heterocycles. The molecule has 0 radical (unpaired) electrons. The number of fused-ring (bicyclic) bond motifs is 1. The largest absolute Gasteiger partial charge is 0.228 e. The highest BCUT2D eigenvalue weighted by atomic mass is 35.5. The molecule has 2 aromatic heterocycles. The Morgan fingerprint density at radius 3 is 1.89 bits per heavy atom. The third-order valence-electron chi connectivity index (χ3n) is 4.71. The quantitative estimate of drug-likeness (QED) is 0.362. The van der Waals surface area contributed by atoms with Crippen LogP contribution in [0.4, 0.5) is 0 Å². The van der Waals surface area contributed by atoms with E-state index in [1.165, 1.54) is 0 Å². The van der Waals surface area contributed by atoms with E-state index >= 15 is 0 Å². The Labute approximate surface area is 167 Å². The van der Waals surface area contributed by atoms with E-state index in [1.54, 1.807) is 0 Å². The molecule has 3 nitrogen and oxygen atoms in total. The number of halogens is 1. The summed E-state index contributed by atoms with van der Waals surface area (Å²) in [6, 6.07) is 32.3. The topological polar surface area (TPSA) is 30.2 Å². The van der Waals surface area contributed by atoms with Gasteiger partial charge < -0.3 is 0 Å². The van der Waals surface area contributed by atoms with Crippen LogP contribution in [0.2, 0.25) is 5.02 Å². The third-order valence-corrected chi connectivity index (χ3v) is 4.96.